The second kappa shape index (κ2) is 7.90. The fraction of sp³-hybridized carbons (Fsp3) is 0.562. The van der Waals surface area contributed by atoms with Crippen LogP contribution < -0.4 is 16.0 Å². The molecule has 1 aromatic rings. The summed E-state index contributed by atoms with van der Waals surface area (Å²) in [6.45, 7) is 11.3. The highest BCUT2D eigenvalue weighted by molar-refractivity contribution is 5.80. The number of carbonyl (C=O) groups is 1. The van der Waals surface area contributed by atoms with Gasteiger partial charge in [-0.15, -0.1) is 0 Å². The zero-order valence-corrected chi connectivity index (χ0v) is 13.1. The third kappa shape index (κ3) is 5.21. The summed E-state index contributed by atoms with van der Waals surface area (Å²) >= 11 is 0. The Morgan fingerprint density at radius 1 is 1.40 bits per heavy atom. The van der Waals surface area contributed by atoms with E-state index in [0.717, 1.165) is 25.3 Å². The fourth-order valence-corrected chi connectivity index (χ4v) is 2.30. The van der Waals surface area contributed by atoms with Gasteiger partial charge in [-0.05, 0) is 31.0 Å². The van der Waals surface area contributed by atoms with Gasteiger partial charge in [-0.25, -0.2) is 0 Å². The summed E-state index contributed by atoms with van der Waals surface area (Å²) < 4.78 is 0. The highest BCUT2D eigenvalue weighted by atomic mass is 16.1. The summed E-state index contributed by atoms with van der Waals surface area (Å²) in [5.74, 6) is 0.184. The molecule has 0 saturated carbocycles. The van der Waals surface area contributed by atoms with E-state index in [9.17, 15) is 4.79 Å². The first-order valence-corrected chi connectivity index (χ1v) is 7.27. The molecule has 4 nitrogen and oxygen atoms in total. The van der Waals surface area contributed by atoms with Crippen molar-refractivity contribution in [3.05, 3.63) is 29.3 Å². The predicted octanol–water partition coefficient (Wildman–Crippen LogP) is 2.05. The maximum atomic E-state index is 11.3. The van der Waals surface area contributed by atoms with Crippen LogP contribution >= 0.6 is 0 Å². The van der Waals surface area contributed by atoms with Gasteiger partial charge in [-0.2, -0.15) is 0 Å². The molecule has 0 heterocycles. The van der Waals surface area contributed by atoms with E-state index in [0.29, 0.717) is 5.92 Å². The standard InChI is InChI=1S/C16H27N3O/c1-5-18-9-14-8-13(4)6-7-15(14)19(10-12(2)3)11-16(17)20/h6-8,12,18H,5,9-11H2,1-4H3,(H2,17,20). The van der Waals surface area contributed by atoms with Gasteiger partial charge in [-0.3, -0.25) is 4.79 Å². The zero-order chi connectivity index (χ0) is 15.1. The molecule has 1 rings (SSSR count). The number of primary amides is 1. The SMILES string of the molecule is CCNCc1cc(C)ccc1N(CC(N)=O)CC(C)C. The summed E-state index contributed by atoms with van der Waals surface area (Å²) in [5.41, 5.74) is 8.93. The largest absolute Gasteiger partial charge is 0.368 e. The first kappa shape index (κ1) is 16.5. The van der Waals surface area contributed by atoms with Gasteiger partial charge in [-0.1, -0.05) is 38.5 Å². The summed E-state index contributed by atoms with van der Waals surface area (Å²) in [5, 5.41) is 3.35. The third-order valence-electron chi connectivity index (χ3n) is 3.07. The minimum Gasteiger partial charge on any atom is -0.368 e. The van der Waals surface area contributed by atoms with E-state index < -0.39 is 0 Å². The van der Waals surface area contributed by atoms with E-state index >= 15 is 0 Å². The molecule has 0 bridgehead atoms. The van der Waals surface area contributed by atoms with Gasteiger partial charge < -0.3 is 16.0 Å². The third-order valence-corrected chi connectivity index (χ3v) is 3.07. The van der Waals surface area contributed by atoms with Crippen LogP contribution in [0.2, 0.25) is 0 Å². The highest BCUT2D eigenvalue weighted by Crippen LogP contribution is 2.23. The molecule has 112 valence electrons. The average Bonchev–Trinajstić information content (AvgIpc) is 2.34. The molecule has 0 radical (unpaired) electrons. The zero-order valence-electron chi connectivity index (χ0n) is 13.1. The van der Waals surface area contributed by atoms with Crippen molar-refractivity contribution in [2.45, 2.75) is 34.2 Å². The van der Waals surface area contributed by atoms with Crippen LogP contribution in [0.5, 0.6) is 0 Å². The Bertz CT molecular complexity index is 443. The van der Waals surface area contributed by atoms with E-state index in [1.54, 1.807) is 0 Å². The predicted molar refractivity (Wildman–Crippen MR) is 84.8 cm³/mol. The normalized spacial score (nSPS) is 10.8. The second-order valence-electron chi connectivity index (χ2n) is 5.65. The molecular formula is C16H27N3O. The van der Waals surface area contributed by atoms with Crippen molar-refractivity contribution in [3.63, 3.8) is 0 Å². The Balaban J connectivity index is 3.06. The summed E-state index contributed by atoms with van der Waals surface area (Å²) in [6, 6.07) is 6.35. The Hall–Kier alpha value is -1.55. The maximum absolute atomic E-state index is 11.3. The van der Waals surface area contributed by atoms with Gasteiger partial charge in [0.2, 0.25) is 5.91 Å². The van der Waals surface area contributed by atoms with Crippen LogP contribution in [0.4, 0.5) is 5.69 Å². The van der Waals surface area contributed by atoms with E-state index in [2.05, 4.69) is 56.1 Å². The Morgan fingerprint density at radius 2 is 2.10 bits per heavy atom. The lowest BCUT2D eigenvalue weighted by atomic mass is 10.1. The molecule has 0 aliphatic rings. The number of rotatable bonds is 8. The minimum absolute atomic E-state index is 0.264. The minimum atomic E-state index is -0.291. The number of amides is 1. The molecule has 0 atom stereocenters. The molecular weight excluding hydrogens is 250 g/mol. The smallest absolute Gasteiger partial charge is 0.236 e. The van der Waals surface area contributed by atoms with Gasteiger partial charge in [0, 0.05) is 18.8 Å². The van der Waals surface area contributed by atoms with Crippen molar-refractivity contribution in [1.82, 2.24) is 5.32 Å². The van der Waals surface area contributed by atoms with E-state index in [4.69, 9.17) is 5.73 Å². The molecule has 4 heteroatoms. The Kier molecular flexibility index (Phi) is 6.52. The van der Waals surface area contributed by atoms with E-state index in [1.807, 2.05) is 0 Å². The average molecular weight is 277 g/mol. The van der Waals surface area contributed by atoms with Crippen LogP contribution in [0.15, 0.2) is 18.2 Å². The number of anilines is 1. The Labute approximate surface area is 122 Å². The summed E-state index contributed by atoms with van der Waals surface area (Å²) in [6.07, 6.45) is 0. The number of carbonyl (C=O) groups excluding carboxylic acids is 1. The number of nitrogens with zero attached hydrogens (tertiary/aromatic N) is 1. The van der Waals surface area contributed by atoms with Crippen LogP contribution in [-0.2, 0) is 11.3 Å². The first-order valence-electron chi connectivity index (χ1n) is 7.27. The van der Waals surface area contributed by atoms with Gasteiger partial charge >= 0.3 is 0 Å². The lowest BCUT2D eigenvalue weighted by Gasteiger charge is -2.28. The lowest BCUT2D eigenvalue weighted by molar-refractivity contribution is -0.116. The number of hydrogen-bond acceptors (Lipinski definition) is 3. The molecule has 0 aromatic heterocycles. The second-order valence-corrected chi connectivity index (χ2v) is 5.65. The number of nitrogens with one attached hydrogen (secondary N) is 1. The van der Waals surface area contributed by atoms with Crippen LogP contribution in [0.25, 0.3) is 0 Å². The lowest BCUT2D eigenvalue weighted by Crippen LogP contribution is -2.37. The van der Waals surface area contributed by atoms with Crippen molar-refractivity contribution in [2.75, 3.05) is 24.5 Å². The molecule has 1 aromatic carbocycles. The van der Waals surface area contributed by atoms with Crippen molar-refractivity contribution >= 4 is 11.6 Å². The Morgan fingerprint density at radius 3 is 2.65 bits per heavy atom. The molecule has 0 fully saturated rings. The highest BCUT2D eigenvalue weighted by Gasteiger charge is 2.14. The molecule has 0 spiro atoms. The molecule has 1 amide bonds. The molecule has 0 unspecified atom stereocenters. The van der Waals surface area contributed by atoms with E-state index in [1.165, 1.54) is 11.1 Å². The van der Waals surface area contributed by atoms with Crippen LogP contribution in [-0.4, -0.2) is 25.5 Å². The molecule has 0 aliphatic heterocycles. The molecule has 3 N–H and O–H groups in total. The maximum Gasteiger partial charge on any atom is 0.236 e. The van der Waals surface area contributed by atoms with Crippen molar-refractivity contribution < 1.29 is 4.79 Å². The number of aryl methyl sites for hydroxylation is 1. The summed E-state index contributed by atoms with van der Waals surface area (Å²) in [7, 11) is 0. The number of hydrogen-bond donors (Lipinski definition) is 2. The van der Waals surface area contributed by atoms with Crippen molar-refractivity contribution in [2.24, 2.45) is 11.7 Å². The molecule has 0 saturated heterocycles. The molecule has 20 heavy (non-hydrogen) atoms. The van der Waals surface area contributed by atoms with Crippen molar-refractivity contribution in [1.29, 1.82) is 0 Å². The van der Waals surface area contributed by atoms with Gasteiger partial charge in [0.15, 0.2) is 0 Å². The quantitative estimate of drug-likeness (QED) is 0.764. The van der Waals surface area contributed by atoms with Crippen LogP contribution in [0, 0.1) is 12.8 Å². The van der Waals surface area contributed by atoms with Crippen molar-refractivity contribution in [3.8, 4) is 0 Å². The van der Waals surface area contributed by atoms with E-state index in [-0.39, 0.29) is 12.5 Å². The fourth-order valence-electron chi connectivity index (χ4n) is 2.30. The topological polar surface area (TPSA) is 58.4 Å². The monoisotopic (exact) mass is 277 g/mol. The first-order chi connectivity index (χ1) is 9.43. The summed E-state index contributed by atoms with van der Waals surface area (Å²) in [4.78, 5) is 13.4. The van der Waals surface area contributed by atoms with Crippen LogP contribution in [0.3, 0.4) is 0 Å². The van der Waals surface area contributed by atoms with Gasteiger partial charge in [0.05, 0.1) is 6.54 Å². The number of benzene rings is 1. The molecule has 0 aliphatic carbocycles. The van der Waals surface area contributed by atoms with Gasteiger partial charge in [0.25, 0.3) is 0 Å². The van der Waals surface area contributed by atoms with Crippen LogP contribution in [0.1, 0.15) is 31.9 Å². The number of nitrogens with two attached hydrogens (primary N) is 1. The van der Waals surface area contributed by atoms with Gasteiger partial charge in [0.1, 0.15) is 0 Å².